The molecule has 0 aliphatic carbocycles. The monoisotopic (exact) mass is 143 g/mol. The summed E-state index contributed by atoms with van der Waals surface area (Å²) in [6, 6.07) is 5.08. The first kappa shape index (κ1) is 7.24. The fourth-order valence-electron chi connectivity index (χ4n) is 0.773. The number of aromatic nitrogens is 1. The number of hydrogen-bond acceptors (Lipinski definition) is 2. The van der Waals surface area contributed by atoms with Crippen molar-refractivity contribution in [3.05, 3.63) is 34.8 Å². The molecule has 0 aromatic carbocycles. The van der Waals surface area contributed by atoms with Crippen LogP contribution in [0.25, 0.3) is 4.85 Å². The van der Waals surface area contributed by atoms with Gasteiger partial charge in [0.25, 0.3) is 5.82 Å². The standard InChI is InChI=1S/C8H5N3/c1-6-3-7(5-9)4-8(10-2)11-6/h3-4H,1H3. The van der Waals surface area contributed by atoms with Crippen LogP contribution in [0.2, 0.25) is 0 Å². The molecule has 1 aromatic heterocycles. The molecule has 1 heterocycles. The molecule has 3 nitrogen and oxygen atoms in total. The smallest absolute Gasteiger partial charge is 0.271 e. The molecular formula is C8H5N3. The highest BCUT2D eigenvalue weighted by molar-refractivity contribution is 5.44. The molecular weight excluding hydrogens is 138 g/mol. The second-order valence-corrected chi connectivity index (χ2v) is 2.08. The van der Waals surface area contributed by atoms with Gasteiger partial charge in [0, 0.05) is 12.5 Å². The summed E-state index contributed by atoms with van der Waals surface area (Å²) in [5.41, 5.74) is 1.19. The summed E-state index contributed by atoms with van der Waals surface area (Å²) in [6.07, 6.45) is 0. The van der Waals surface area contributed by atoms with Crippen LogP contribution in [-0.4, -0.2) is 4.98 Å². The topological polar surface area (TPSA) is 41.0 Å². The average Bonchev–Trinajstić information content (AvgIpc) is 2.03. The number of nitrogens with zero attached hydrogens (tertiary/aromatic N) is 3. The molecule has 52 valence electrons. The van der Waals surface area contributed by atoms with Crippen LogP contribution in [0.1, 0.15) is 11.3 Å². The average molecular weight is 143 g/mol. The highest BCUT2D eigenvalue weighted by atomic mass is 14.9. The van der Waals surface area contributed by atoms with Gasteiger partial charge in [-0.3, -0.25) is 0 Å². The molecule has 0 aliphatic heterocycles. The van der Waals surface area contributed by atoms with E-state index in [2.05, 4.69) is 9.83 Å². The van der Waals surface area contributed by atoms with Crippen molar-refractivity contribution in [3.63, 3.8) is 0 Å². The molecule has 11 heavy (non-hydrogen) atoms. The van der Waals surface area contributed by atoms with Gasteiger partial charge >= 0.3 is 0 Å². The van der Waals surface area contributed by atoms with E-state index in [4.69, 9.17) is 11.8 Å². The van der Waals surface area contributed by atoms with E-state index in [1.54, 1.807) is 13.0 Å². The van der Waals surface area contributed by atoms with Crippen LogP contribution in [-0.2, 0) is 0 Å². The second kappa shape index (κ2) is 2.81. The summed E-state index contributed by atoms with van der Waals surface area (Å²) in [5.74, 6) is 0.279. The maximum Gasteiger partial charge on any atom is 0.271 e. The van der Waals surface area contributed by atoms with E-state index >= 15 is 0 Å². The van der Waals surface area contributed by atoms with E-state index in [-0.39, 0.29) is 5.82 Å². The molecule has 0 fully saturated rings. The van der Waals surface area contributed by atoms with Gasteiger partial charge in [0.2, 0.25) is 0 Å². The summed E-state index contributed by atoms with van der Waals surface area (Å²) in [7, 11) is 0. The van der Waals surface area contributed by atoms with Crippen LogP contribution in [0.4, 0.5) is 5.82 Å². The quantitative estimate of drug-likeness (QED) is 0.519. The zero-order chi connectivity index (χ0) is 8.27. The van der Waals surface area contributed by atoms with Gasteiger partial charge in [-0.1, -0.05) is 6.57 Å². The lowest BCUT2D eigenvalue weighted by Gasteiger charge is -1.90. The Labute approximate surface area is 64.7 Å². The highest BCUT2D eigenvalue weighted by Gasteiger charge is 1.99. The van der Waals surface area contributed by atoms with Gasteiger partial charge < -0.3 is 4.85 Å². The lowest BCUT2D eigenvalue weighted by atomic mass is 10.2. The minimum atomic E-state index is 0.279. The van der Waals surface area contributed by atoms with E-state index in [0.717, 1.165) is 0 Å². The second-order valence-electron chi connectivity index (χ2n) is 2.08. The fraction of sp³-hybridized carbons (Fsp3) is 0.125. The highest BCUT2D eigenvalue weighted by Crippen LogP contribution is 2.11. The van der Waals surface area contributed by atoms with Gasteiger partial charge in [-0.2, -0.15) is 5.26 Å². The molecule has 0 radical (unpaired) electrons. The third kappa shape index (κ3) is 1.53. The zero-order valence-electron chi connectivity index (χ0n) is 6.00. The van der Waals surface area contributed by atoms with Crippen LogP contribution >= 0.6 is 0 Å². The van der Waals surface area contributed by atoms with Gasteiger partial charge in [0.05, 0.1) is 6.07 Å². The number of aryl methyl sites for hydroxylation is 1. The zero-order valence-corrected chi connectivity index (χ0v) is 6.00. The van der Waals surface area contributed by atoms with Crippen LogP contribution in [0.15, 0.2) is 12.1 Å². The first-order valence-electron chi connectivity index (χ1n) is 3.02. The van der Waals surface area contributed by atoms with Gasteiger partial charge in [-0.15, -0.1) is 4.98 Å². The van der Waals surface area contributed by atoms with Crippen molar-refractivity contribution < 1.29 is 0 Å². The predicted octanol–water partition coefficient (Wildman–Crippen LogP) is 1.81. The number of pyridine rings is 1. The molecule has 0 unspecified atom stereocenters. The first-order valence-corrected chi connectivity index (χ1v) is 3.02. The molecule has 3 heteroatoms. The molecule has 0 saturated carbocycles. The van der Waals surface area contributed by atoms with E-state index < -0.39 is 0 Å². The third-order valence-corrected chi connectivity index (χ3v) is 1.18. The van der Waals surface area contributed by atoms with Crippen molar-refractivity contribution in [2.24, 2.45) is 0 Å². The Morgan fingerprint density at radius 3 is 2.91 bits per heavy atom. The molecule has 0 bridgehead atoms. The SMILES string of the molecule is [C-]#[N+]c1cc(C#N)cc(C)n1. The van der Waals surface area contributed by atoms with E-state index in [1.165, 1.54) is 6.07 Å². The minimum Gasteiger partial charge on any atom is -0.361 e. The first-order chi connectivity index (χ1) is 5.26. The van der Waals surface area contributed by atoms with Crippen LogP contribution < -0.4 is 0 Å². The van der Waals surface area contributed by atoms with Crippen molar-refractivity contribution in [2.45, 2.75) is 6.92 Å². The summed E-state index contributed by atoms with van der Waals surface area (Å²) in [5, 5.41) is 8.50. The Hall–Kier alpha value is -1.87. The van der Waals surface area contributed by atoms with E-state index in [1.807, 2.05) is 6.07 Å². The number of rotatable bonds is 0. The van der Waals surface area contributed by atoms with Crippen LogP contribution in [0.5, 0.6) is 0 Å². The van der Waals surface area contributed by atoms with Crippen molar-refractivity contribution in [1.29, 1.82) is 5.26 Å². The number of nitriles is 1. The van der Waals surface area contributed by atoms with Crippen molar-refractivity contribution >= 4 is 5.82 Å². The van der Waals surface area contributed by atoms with Gasteiger partial charge in [0.1, 0.15) is 5.69 Å². The van der Waals surface area contributed by atoms with Crippen molar-refractivity contribution in [1.82, 2.24) is 4.98 Å². The largest absolute Gasteiger partial charge is 0.361 e. The van der Waals surface area contributed by atoms with E-state index in [0.29, 0.717) is 11.3 Å². The molecule has 0 aliphatic rings. The van der Waals surface area contributed by atoms with Crippen LogP contribution in [0.3, 0.4) is 0 Å². The van der Waals surface area contributed by atoms with E-state index in [9.17, 15) is 0 Å². The molecule has 1 aromatic rings. The Morgan fingerprint density at radius 1 is 1.64 bits per heavy atom. The lowest BCUT2D eigenvalue weighted by Crippen LogP contribution is -1.82. The molecule has 0 saturated heterocycles. The summed E-state index contributed by atoms with van der Waals surface area (Å²) >= 11 is 0. The van der Waals surface area contributed by atoms with Crippen molar-refractivity contribution in [2.75, 3.05) is 0 Å². The Kier molecular flexibility index (Phi) is 1.85. The Balaban J connectivity index is 3.28. The predicted molar refractivity (Wildman–Crippen MR) is 40.0 cm³/mol. The number of hydrogen-bond donors (Lipinski definition) is 0. The molecule has 1 rings (SSSR count). The summed E-state index contributed by atoms with van der Waals surface area (Å²) in [6.45, 7) is 8.42. The third-order valence-electron chi connectivity index (χ3n) is 1.18. The summed E-state index contributed by atoms with van der Waals surface area (Å²) in [4.78, 5) is 7.02. The summed E-state index contributed by atoms with van der Waals surface area (Å²) < 4.78 is 0. The van der Waals surface area contributed by atoms with Gasteiger partial charge in [-0.25, -0.2) is 0 Å². The Bertz CT molecular complexity index is 322. The maximum atomic E-state index is 8.50. The molecule has 0 N–H and O–H groups in total. The van der Waals surface area contributed by atoms with Gasteiger partial charge in [-0.05, 0) is 12.1 Å². The Morgan fingerprint density at radius 2 is 2.36 bits per heavy atom. The van der Waals surface area contributed by atoms with Crippen molar-refractivity contribution in [3.8, 4) is 6.07 Å². The minimum absolute atomic E-state index is 0.279. The maximum absolute atomic E-state index is 8.50. The molecule has 0 amide bonds. The van der Waals surface area contributed by atoms with Crippen LogP contribution in [0, 0.1) is 24.8 Å². The van der Waals surface area contributed by atoms with Gasteiger partial charge in [0.15, 0.2) is 0 Å². The normalized spacial score (nSPS) is 8.27. The fourth-order valence-corrected chi connectivity index (χ4v) is 0.773. The lowest BCUT2D eigenvalue weighted by molar-refractivity contribution is 1.21. The molecule has 0 atom stereocenters. The molecule has 0 spiro atoms.